The number of carbonyl (C=O) groups excluding carboxylic acids is 1. The molecule has 8 heteroatoms. The van der Waals surface area contributed by atoms with Gasteiger partial charge in [0.15, 0.2) is 0 Å². The highest BCUT2D eigenvalue weighted by molar-refractivity contribution is 5.99. The van der Waals surface area contributed by atoms with Crippen LogP contribution in [-0.4, -0.2) is 25.6 Å². The summed E-state index contributed by atoms with van der Waals surface area (Å²) in [5.41, 5.74) is 2.25. The number of para-hydroxylation sites is 1. The van der Waals surface area contributed by atoms with Crippen LogP contribution in [0, 0.1) is 6.92 Å². The van der Waals surface area contributed by atoms with Crippen LogP contribution in [0.1, 0.15) is 5.82 Å². The standard InChI is InChI=1S/C21H19N7O/c1-15-22-11-12-28(15)20-13-19(23-14-24-20)25-17-7-9-18(10-8-17)27-21(29)26-16-5-3-2-4-6-16/h2-14H,1H3,(H,23,24,25)(H2,26,27,29). The maximum Gasteiger partial charge on any atom is 0.323 e. The van der Waals surface area contributed by atoms with Crippen molar-refractivity contribution in [3.05, 3.63) is 85.2 Å². The van der Waals surface area contributed by atoms with Crippen molar-refractivity contribution in [2.24, 2.45) is 0 Å². The second-order valence-corrected chi connectivity index (χ2v) is 6.25. The first-order valence-corrected chi connectivity index (χ1v) is 9.00. The van der Waals surface area contributed by atoms with Crippen molar-refractivity contribution >= 4 is 28.9 Å². The third-order valence-corrected chi connectivity index (χ3v) is 4.17. The summed E-state index contributed by atoms with van der Waals surface area (Å²) in [5.74, 6) is 2.23. The highest BCUT2D eigenvalue weighted by Gasteiger charge is 2.05. The molecule has 29 heavy (non-hydrogen) atoms. The van der Waals surface area contributed by atoms with E-state index in [2.05, 4.69) is 30.9 Å². The number of nitrogens with zero attached hydrogens (tertiary/aromatic N) is 4. The van der Waals surface area contributed by atoms with Gasteiger partial charge in [-0.25, -0.2) is 19.7 Å². The number of amides is 2. The van der Waals surface area contributed by atoms with Crippen LogP contribution in [0.15, 0.2) is 79.4 Å². The number of carbonyl (C=O) groups is 1. The van der Waals surface area contributed by atoms with E-state index in [-0.39, 0.29) is 6.03 Å². The van der Waals surface area contributed by atoms with E-state index in [0.717, 1.165) is 23.0 Å². The van der Waals surface area contributed by atoms with Gasteiger partial charge in [0, 0.05) is 35.5 Å². The van der Waals surface area contributed by atoms with E-state index >= 15 is 0 Å². The van der Waals surface area contributed by atoms with Gasteiger partial charge in [-0.2, -0.15) is 0 Å². The summed E-state index contributed by atoms with van der Waals surface area (Å²) in [4.78, 5) is 24.8. The van der Waals surface area contributed by atoms with Gasteiger partial charge in [-0.1, -0.05) is 18.2 Å². The van der Waals surface area contributed by atoms with Gasteiger partial charge < -0.3 is 16.0 Å². The molecule has 144 valence electrons. The molecule has 4 aromatic rings. The quantitative estimate of drug-likeness (QED) is 0.474. The summed E-state index contributed by atoms with van der Waals surface area (Å²) in [6.45, 7) is 1.91. The van der Waals surface area contributed by atoms with Gasteiger partial charge in [0.25, 0.3) is 0 Å². The van der Waals surface area contributed by atoms with Crippen molar-refractivity contribution in [2.45, 2.75) is 6.92 Å². The highest BCUT2D eigenvalue weighted by Crippen LogP contribution is 2.19. The molecule has 2 heterocycles. The molecular weight excluding hydrogens is 366 g/mol. The van der Waals surface area contributed by atoms with Crippen LogP contribution in [0.3, 0.4) is 0 Å². The minimum absolute atomic E-state index is 0.298. The molecule has 0 aliphatic rings. The molecule has 0 bridgehead atoms. The third kappa shape index (κ3) is 4.56. The van der Waals surface area contributed by atoms with Crippen molar-refractivity contribution in [1.82, 2.24) is 19.5 Å². The lowest BCUT2D eigenvalue weighted by Gasteiger charge is -2.10. The molecule has 0 radical (unpaired) electrons. The highest BCUT2D eigenvalue weighted by atomic mass is 16.2. The number of urea groups is 1. The van der Waals surface area contributed by atoms with Crippen molar-refractivity contribution in [1.29, 1.82) is 0 Å². The van der Waals surface area contributed by atoms with Gasteiger partial charge >= 0.3 is 6.03 Å². The van der Waals surface area contributed by atoms with Crippen LogP contribution in [0.2, 0.25) is 0 Å². The lowest BCUT2D eigenvalue weighted by Crippen LogP contribution is -2.19. The summed E-state index contributed by atoms with van der Waals surface area (Å²) in [7, 11) is 0. The Hall–Kier alpha value is -4.20. The van der Waals surface area contributed by atoms with E-state index in [1.54, 1.807) is 6.20 Å². The van der Waals surface area contributed by atoms with E-state index in [0.29, 0.717) is 11.5 Å². The average molecular weight is 385 g/mol. The molecule has 4 rings (SSSR count). The fourth-order valence-electron chi connectivity index (χ4n) is 2.77. The van der Waals surface area contributed by atoms with Gasteiger partial charge in [-0.05, 0) is 43.3 Å². The van der Waals surface area contributed by atoms with Crippen molar-refractivity contribution < 1.29 is 4.79 Å². The molecule has 0 unspecified atom stereocenters. The molecular formula is C21H19N7O. The number of rotatable bonds is 5. The molecule has 2 aromatic heterocycles. The fraction of sp³-hybridized carbons (Fsp3) is 0.0476. The van der Waals surface area contributed by atoms with Crippen LogP contribution in [0.5, 0.6) is 0 Å². The number of hydrogen-bond donors (Lipinski definition) is 3. The fourth-order valence-corrected chi connectivity index (χ4v) is 2.77. The number of hydrogen-bond acceptors (Lipinski definition) is 5. The van der Waals surface area contributed by atoms with Crippen molar-refractivity contribution in [2.75, 3.05) is 16.0 Å². The molecule has 0 aliphatic heterocycles. The number of anilines is 4. The van der Waals surface area contributed by atoms with Gasteiger partial charge in [-0.15, -0.1) is 0 Å². The Bertz CT molecular complexity index is 1110. The van der Waals surface area contributed by atoms with E-state index in [1.165, 1.54) is 6.33 Å². The first-order valence-electron chi connectivity index (χ1n) is 9.00. The Morgan fingerprint density at radius 1 is 0.862 bits per heavy atom. The van der Waals surface area contributed by atoms with Crippen LogP contribution in [-0.2, 0) is 0 Å². The first-order chi connectivity index (χ1) is 14.2. The smallest absolute Gasteiger partial charge is 0.323 e. The topological polar surface area (TPSA) is 96.8 Å². The Balaban J connectivity index is 1.40. The van der Waals surface area contributed by atoms with Crippen molar-refractivity contribution in [3.8, 4) is 5.82 Å². The minimum atomic E-state index is -0.298. The normalized spacial score (nSPS) is 10.4. The first kappa shape index (κ1) is 18.2. The SMILES string of the molecule is Cc1nccn1-c1cc(Nc2ccc(NC(=O)Nc3ccccc3)cc2)ncn1. The molecule has 2 aromatic carbocycles. The van der Waals surface area contributed by atoms with E-state index in [9.17, 15) is 4.79 Å². The number of benzene rings is 2. The zero-order valence-electron chi connectivity index (χ0n) is 15.7. The molecule has 0 spiro atoms. The monoisotopic (exact) mass is 385 g/mol. The zero-order valence-corrected chi connectivity index (χ0v) is 15.7. The maximum atomic E-state index is 12.1. The van der Waals surface area contributed by atoms with E-state index < -0.39 is 0 Å². The molecule has 0 saturated heterocycles. The van der Waals surface area contributed by atoms with Gasteiger partial charge in [0.1, 0.15) is 23.8 Å². The molecule has 0 atom stereocenters. The van der Waals surface area contributed by atoms with Gasteiger partial charge in [-0.3, -0.25) is 4.57 Å². The average Bonchev–Trinajstić information content (AvgIpc) is 3.16. The second-order valence-electron chi connectivity index (χ2n) is 6.25. The Morgan fingerprint density at radius 2 is 1.55 bits per heavy atom. The predicted molar refractivity (Wildman–Crippen MR) is 113 cm³/mol. The number of aromatic nitrogens is 4. The van der Waals surface area contributed by atoms with Crippen LogP contribution in [0.4, 0.5) is 27.7 Å². The van der Waals surface area contributed by atoms with Crippen molar-refractivity contribution in [3.63, 3.8) is 0 Å². The summed E-state index contributed by atoms with van der Waals surface area (Å²) in [6, 6.07) is 18.2. The Kier molecular flexibility index (Phi) is 5.15. The molecule has 0 fully saturated rings. The molecule has 0 saturated carbocycles. The Labute approximate surface area is 167 Å². The number of nitrogens with one attached hydrogen (secondary N) is 3. The molecule has 3 N–H and O–H groups in total. The largest absolute Gasteiger partial charge is 0.340 e. The Morgan fingerprint density at radius 3 is 2.24 bits per heavy atom. The molecule has 2 amide bonds. The maximum absolute atomic E-state index is 12.1. The lowest BCUT2D eigenvalue weighted by atomic mass is 10.2. The lowest BCUT2D eigenvalue weighted by molar-refractivity contribution is 0.262. The van der Waals surface area contributed by atoms with E-state index in [1.807, 2.05) is 78.4 Å². The summed E-state index contributed by atoms with van der Waals surface area (Å²) in [6.07, 6.45) is 5.08. The molecule has 0 aliphatic carbocycles. The zero-order chi connectivity index (χ0) is 20.1. The minimum Gasteiger partial charge on any atom is -0.340 e. The summed E-state index contributed by atoms with van der Waals surface area (Å²) < 4.78 is 1.88. The van der Waals surface area contributed by atoms with Crippen LogP contribution < -0.4 is 16.0 Å². The van der Waals surface area contributed by atoms with Crippen LogP contribution >= 0.6 is 0 Å². The second kappa shape index (κ2) is 8.22. The van der Waals surface area contributed by atoms with Crippen LogP contribution in [0.25, 0.3) is 5.82 Å². The number of aryl methyl sites for hydroxylation is 1. The van der Waals surface area contributed by atoms with E-state index in [4.69, 9.17) is 0 Å². The van der Waals surface area contributed by atoms with Gasteiger partial charge in [0.2, 0.25) is 0 Å². The summed E-state index contributed by atoms with van der Waals surface area (Å²) >= 11 is 0. The number of imidazole rings is 1. The molecule has 8 nitrogen and oxygen atoms in total. The predicted octanol–water partition coefficient (Wildman–Crippen LogP) is 4.36. The van der Waals surface area contributed by atoms with Gasteiger partial charge in [0.05, 0.1) is 0 Å². The third-order valence-electron chi connectivity index (χ3n) is 4.17. The summed E-state index contributed by atoms with van der Waals surface area (Å²) in [5, 5.41) is 8.81.